The first-order valence-electron chi connectivity index (χ1n) is 6.62. The maximum Gasteiger partial charge on any atom is 0.127 e. The normalized spacial score (nSPS) is 30.8. The summed E-state index contributed by atoms with van der Waals surface area (Å²) in [5, 5.41) is 0. The lowest BCUT2D eigenvalue weighted by Gasteiger charge is -2.36. The van der Waals surface area contributed by atoms with Gasteiger partial charge in [-0.1, -0.05) is 0 Å². The number of rotatable bonds is 3. The average molecular weight is 241 g/mol. The van der Waals surface area contributed by atoms with Crippen LogP contribution < -0.4 is 0 Å². The van der Waals surface area contributed by atoms with E-state index in [1.54, 1.807) is 0 Å². The number of carbonyl (C=O) groups excluding carboxylic acids is 1. The number of carbonyl (C=O) groups is 1. The molecule has 0 spiro atoms. The number of nitrogens with zero attached hydrogens (tertiary/aromatic N) is 1. The molecule has 2 saturated heterocycles. The predicted octanol–water partition coefficient (Wildman–Crippen LogP) is 1.09. The van der Waals surface area contributed by atoms with E-state index in [0.717, 1.165) is 65.0 Å². The van der Waals surface area contributed by atoms with Gasteiger partial charge in [0.2, 0.25) is 0 Å². The van der Waals surface area contributed by atoms with Crippen LogP contribution in [-0.4, -0.2) is 56.7 Å². The first-order chi connectivity index (χ1) is 8.24. The van der Waals surface area contributed by atoms with Gasteiger partial charge < -0.3 is 14.3 Å². The van der Waals surface area contributed by atoms with Gasteiger partial charge in [-0.2, -0.15) is 0 Å². The molecule has 0 saturated carbocycles. The van der Waals surface area contributed by atoms with Crippen molar-refractivity contribution in [2.75, 3.05) is 39.5 Å². The summed E-state index contributed by atoms with van der Waals surface area (Å²) in [7, 11) is 0. The summed E-state index contributed by atoms with van der Waals surface area (Å²) in [6.45, 7) is 7.24. The SMILES string of the molecule is CC1CN(CC2(C=O)CCOCC2)CCCO1. The second-order valence-corrected chi connectivity index (χ2v) is 5.36. The van der Waals surface area contributed by atoms with Gasteiger partial charge in [0, 0.05) is 44.9 Å². The molecule has 0 N–H and O–H groups in total. The second-order valence-electron chi connectivity index (χ2n) is 5.36. The molecule has 0 aromatic heterocycles. The third-order valence-corrected chi connectivity index (χ3v) is 3.81. The second kappa shape index (κ2) is 5.94. The fourth-order valence-corrected chi connectivity index (χ4v) is 2.76. The third kappa shape index (κ3) is 3.50. The minimum Gasteiger partial charge on any atom is -0.381 e. The van der Waals surface area contributed by atoms with Crippen molar-refractivity contribution in [1.82, 2.24) is 4.90 Å². The summed E-state index contributed by atoms with van der Waals surface area (Å²) in [6.07, 6.45) is 4.23. The van der Waals surface area contributed by atoms with Crippen LogP contribution >= 0.6 is 0 Å². The monoisotopic (exact) mass is 241 g/mol. The quantitative estimate of drug-likeness (QED) is 0.693. The fraction of sp³-hybridized carbons (Fsp3) is 0.923. The first-order valence-corrected chi connectivity index (χ1v) is 6.62. The van der Waals surface area contributed by atoms with E-state index in [2.05, 4.69) is 11.8 Å². The van der Waals surface area contributed by atoms with Crippen molar-refractivity contribution in [3.63, 3.8) is 0 Å². The van der Waals surface area contributed by atoms with Crippen molar-refractivity contribution in [3.8, 4) is 0 Å². The summed E-state index contributed by atoms with van der Waals surface area (Å²) in [6, 6.07) is 0. The zero-order valence-electron chi connectivity index (χ0n) is 10.7. The van der Waals surface area contributed by atoms with E-state index in [-0.39, 0.29) is 11.5 Å². The molecule has 17 heavy (non-hydrogen) atoms. The Balaban J connectivity index is 1.94. The van der Waals surface area contributed by atoms with Crippen LogP contribution in [0, 0.1) is 5.41 Å². The minimum atomic E-state index is -0.178. The molecule has 4 nitrogen and oxygen atoms in total. The largest absolute Gasteiger partial charge is 0.381 e. The van der Waals surface area contributed by atoms with Crippen LogP contribution in [0.2, 0.25) is 0 Å². The summed E-state index contributed by atoms with van der Waals surface area (Å²) in [5.41, 5.74) is -0.178. The molecule has 2 aliphatic rings. The Morgan fingerprint density at radius 3 is 2.82 bits per heavy atom. The molecule has 98 valence electrons. The predicted molar refractivity (Wildman–Crippen MR) is 65.0 cm³/mol. The zero-order chi connectivity index (χ0) is 12.1. The molecule has 2 fully saturated rings. The van der Waals surface area contributed by atoms with Crippen molar-refractivity contribution in [2.45, 2.75) is 32.3 Å². The Morgan fingerprint density at radius 2 is 2.12 bits per heavy atom. The van der Waals surface area contributed by atoms with Crippen molar-refractivity contribution in [1.29, 1.82) is 0 Å². The van der Waals surface area contributed by atoms with Gasteiger partial charge in [-0.15, -0.1) is 0 Å². The lowest BCUT2D eigenvalue weighted by Crippen LogP contribution is -2.44. The molecule has 0 radical (unpaired) electrons. The van der Waals surface area contributed by atoms with Gasteiger partial charge in [-0.05, 0) is 26.2 Å². The van der Waals surface area contributed by atoms with Gasteiger partial charge >= 0.3 is 0 Å². The molecule has 0 aromatic rings. The van der Waals surface area contributed by atoms with E-state index in [0.29, 0.717) is 0 Å². The standard InChI is InChI=1S/C13H23NO3/c1-12-9-14(5-2-6-17-12)10-13(11-15)3-7-16-8-4-13/h11-12H,2-10H2,1H3. The summed E-state index contributed by atoms with van der Waals surface area (Å²) in [5.74, 6) is 0. The van der Waals surface area contributed by atoms with E-state index in [1.807, 2.05) is 0 Å². The maximum atomic E-state index is 11.4. The molecule has 2 heterocycles. The van der Waals surface area contributed by atoms with Crippen LogP contribution in [0.5, 0.6) is 0 Å². The number of hydrogen-bond acceptors (Lipinski definition) is 4. The fourth-order valence-electron chi connectivity index (χ4n) is 2.76. The van der Waals surface area contributed by atoms with Crippen molar-refractivity contribution in [2.24, 2.45) is 5.41 Å². The van der Waals surface area contributed by atoms with Crippen molar-refractivity contribution < 1.29 is 14.3 Å². The molecule has 1 unspecified atom stereocenters. The van der Waals surface area contributed by atoms with Crippen molar-refractivity contribution >= 4 is 6.29 Å². The smallest absolute Gasteiger partial charge is 0.127 e. The molecule has 2 aliphatic heterocycles. The van der Waals surface area contributed by atoms with E-state index < -0.39 is 0 Å². The van der Waals surface area contributed by atoms with E-state index in [4.69, 9.17) is 9.47 Å². The van der Waals surface area contributed by atoms with Gasteiger partial charge in [0.15, 0.2) is 0 Å². The molecule has 0 bridgehead atoms. The number of ether oxygens (including phenoxy) is 2. The maximum absolute atomic E-state index is 11.4. The van der Waals surface area contributed by atoms with Gasteiger partial charge in [-0.25, -0.2) is 0 Å². The molecular weight excluding hydrogens is 218 g/mol. The molecule has 0 aliphatic carbocycles. The molecule has 0 aromatic carbocycles. The Hall–Kier alpha value is -0.450. The summed E-state index contributed by atoms with van der Waals surface area (Å²) < 4.78 is 11.0. The van der Waals surface area contributed by atoms with Gasteiger partial charge in [0.05, 0.1) is 6.10 Å². The van der Waals surface area contributed by atoms with E-state index in [1.165, 1.54) is 0 Å². The summed E-state index contributed by atoms with van der Waals surface area (Å²) >= 11 is 0. The van der Waals surface area contributed by atoms with Crippen molar-refractivity contribution in [3.05, 3.63) is 0 Å². The highest BCUT2D eigenvalue weighted by atomic mass is 16.5. The van der Waals surface area contributed by atoms with E-state index >= 15 is 0 Å². The summed E-state index contributed by atoms with van der Waals surface area (Å²) in [4.78, 5) is 13.8. The number of hydrogen-bond donors (Lipinski definition) is 0. The highest BCUT2D eigenvalue weighted by Crippen LogP contribution is 2.29. The topological polar surface area (TPSA) is 38.8 Å². The zero-order valence-corrected chi connectivity index (χ0v) is 10.7. The van der Waals surface area contributed by atoms with Crippen LogP contribution in [0.4, 0.5) is 0 Å². The van der Waals surface area contributed by atoms with Crippen LogP contribution in [0.1, 0.15) is 26.2 Å². The van der Waals surface area contributed by atoms with E-state index in [9.17, 15) is 4.79 Å². The van der Waals surface area contributed by atoms with Crippen LogP contribution in [0.15, 0.2) is 0 Å². The third-order valence-electron chi connectivity index (χ3n) is 3.81. The minimum absolute atomic E-state index is 0.178. The Kier molecular flexibility index (Phi) is 4.54. The first kappa shape index (κ1) is 13.0. The molecule has 1 atom stereocenters. The Bertz CT molecular complexity index is 251. The average Bonchev–Trinajstić information content (AvgIpc) is 2.55. The Morgan fingerprint density at radius 1 is 1.35 bits per heavy atom. The molecule has 2 rings (SSSR count). The molecule has 0 amide bonds. The Labute approximate surface area is 103 Å². The molecule has 4 heteroatoms. The van der Waals surface area contributed by atoms with Crippen LogP contribution in [0.25, 0.3) is 0 Å². The lowest BCUT2D eigenvalue weighted by atomic mass is 9.81. The van der Waals surface area contributed by atoms with Crippen LogP contribution in [0.3, 0.4) is 0 Å². The number of aldehydes is 1. The van der Waals surface area contributed by atoms with Crippen LogP contribution in [-0.2, 0) is 14.3 Å². The van der Waals surface area contributed by atoms with Gasteiger partial charge in [-0.3, -0.25) is 4.90 Å². The highest BCUT2D eigenvalue weighted by Gasteiger charge is 2.34. The van der Waals surface area contributed by atoms with Gasteiger partial charge in [0.25, 0.3) is 0 Å². The lowest BCUT2D eigenvalue weighted by molar-refractivity contribution is -0.123. The molecular formula is C13H23NO3. The highest BCUT2D eigenvalue weighted by molar-refractivity contribution is 5.60. The van der Waals surface area contributed by atoms with Gasteiger partial charge in [0.1, 0.15) is 6.29 Å².